The van der Waals surface area contributed by atoms with Crippen LogP contribution in [0.1, 0.15) is 18.9 Å². The normalized spacial score (nSPS) is 12.7. The zero-order valence-corrected chi connectivity index (χ0v) is 8.65. The summed E-state index contributed by atoms with van der Waals surface area (Å²) in [7, 11) is 0. The summed E-state index contributed by atoms with van der Waals surface area (Å²) in [6.45, 7) is 3.38. The van der Waals surface area contributed by atoms with Crippen LogP contribution in [0.3, 0.4) is 0 Å². The number of aryl methyl sites for hydroxylation is 1. The molecular weight excluding hydrogens is 176 g/mol. The Morgan fingerprint density at radius 2 is 2.14 bits per heavy atom. The van der Waals surface area contributed by atoms with Crippen LogP contribution < -0.4 is 5.73 Å². The molecule has 3 nitrogen and oxygen atoms in total. The Morgan fingerprint density at radius 3 is 2.79 bits per heavy atom. The summed E-state index contributed by atoms with van der Waals surface area (Å²) in [5, 5.41) is 0. The molecule has 0 aliphatic heterocycles. The lowest BCUT2D eigenvalue weighted by Gasteiger charge is -2.10. The lowest BCUT2D eigenvalue weighted by atomic mass is 10.1. The molecule has 1 heterocycles. The summed E-state index contributed by atoms with van der Waals surface area (Å²) >= 11 is 0. The summed E-state index contributed by atoms with van der Waals surface area (Å²) in [4.78, 5) is 3.97. The predicted molar refractivity (Wildman–Crippen MR) is 57.0 cm³/mol. The molecule has 0 aliphatic carbocycles. The molecule has 0 saturated heterocycles. The molecule has 1 aromatic rings. The second-order valence-corrected chi connectivity index (χ2v) is 3.31. The lowest BCUT2D eigenvalue weighted by Crippen LogP contribution is -2.26. The van der Waals surface area contributed by atoms with Gasteiger partial charge in [-0.05, 0) is 37.5 Å². The fourth-order valence-electron chi connectivity index (χ4n) is 1.25. The molecule has 2 N–H and O–H groups in total. The van der Waals surface area contributed by atoms with Crippen molar-refractivity contribution in [1.29, 1.82) is 0 Å². The van der Waals surface area contributed by atoms with Crippen LogP contribution in [0.4, 0.5) is 0 Å². The van der Waals surface area contributed by atoms with E-state index in [0.717, 1.165) is 19.4 Å². The molecular formula is C11H18N2O. The molecule has 0 bridgehead atoms. The number of nitrogens with zero attached hydrogens (tertiary/aromatic N) is 1. The van der Waals surface area contributed by atoms with E-state index in [1.807, 2.05) is 31.5 Å². The van der Waals surface area contributed by atoms with E-state index >= 15 is 0 Å². The average molecular weight is 194 g/mol. The van der Waals surface area contributed by atoms with Crippen molar-refractivity contribution in [2.24, 2.45) is 5.73 Å². The van der Waals surface area contributed by atoms with Gasteiger partial charge in [0.25, 0.3) is 0 Å². The van der Waals surface area contributed by atoms with Crippen LogP contribution in [-0.4, -0.2) is 24.2 Å². The number of rotatable bonds is 6. The van der Waals surface area contributed by atoms with Crippen molar-refractivity contribution in [3.05, 3.63) is 30.1 Å². The van der Waals surface area contributed by atoms with E-state index < -0.39 is 0 Å². The van der Waals surface area contributed by atoms with Gasteiger partial charge in [0, 0.05) is 25.0 Å². The van der Waals surface area contributed by atoms with Gasteiger partial charge in [-0.3, -0.25) is 4.98 Å². The van der Waals surface area contributed by atoms with Crippen molar-refractivity contribution in [3.8, 4) is 0 Å². The number of nitrogens with two attached hydrogens (primary N) is 1. The Labute approximate surface area is 85.3 Å². The Morgan fingerprint density at radius 1 is 1.43 bits per heavy atom. The number of pyridine rings is 1. The maximum atomic E-state index is 5.87. The first-order valence-corrected chi connectivity index (χ1v) is 5.05. The zero-order chi connectivity index (χ0) is 10.2. The number of hydrogen-bond donors (Lipinski definition) is 1. The van der Waals surface area contributed by atoms with E-state index in [1.165, 1.54) is 5.56 Å². The first-order valence-electron chi connectivity index (χ1n) is 5.05. The van der Waals surface area contributed by atoms with Crippen molar-refractivity contribution in [1.82, 2.24) is 4.98 Å². The molecule has 0 spiro atoms. The van der Waals surface area contributed by atoms with Crippen LogP contribution in [0.15, 0.2) is 24.5 Å². The predicted octanol–water partition coefficient (Wildman–Crippen LogP) is 1.38. The Kier molecular flexibility index (Phi) is 5.19. The van der Waals surface area contributed by atoms with E-state index in [-0.39, 0.29) is 6.04 Å². The maximum absolute atomic E-state index is 5.87. The van der Waals surface area contributed by atoms with Crippen LogP contribution in [0.25, 0.3) is 0 Å². The number of aromatic nitrogens is 1. The fourth-order valence-corrected chi connectivity index (χ4v) is 1.25. The van der Waals surface area contributed by atoms with E-state index in [2.05, 4.69) is 4.98 Å². The molecule has 1 rings (SSSR count). The average Bonchev–Trinajstić information content (AvgIpc) is 2.25. The molecule has 1 atom stereocenters. The molecule has 0 saturated carbocycles. The molecule has 0 fully saturated rings. The standard InChI is InChI=1S/C11H18N2O/c1-2-14-9-11(12)4-3-10-5-7-13-8-6-10/h5-8,11H,2-4,9,12H2,1H3. The SMILES string of the molecule is CCOCC(N)CCc1ccncc1. The summed E-state index contributed by atoms with van der Waals surface area (Å²) in [5.74, 6) is 0. The van der Waals surface area contributed by atoms with Gasteiger partial charge in [0.15, 0.2) is 0 Å². The third-order valence-corrected chi connectivity index (χ3v) is 2.09. The van der Waals surface area contributed by atoms with Crippen LogP contribution in [0.5, 0.6) is 0 Å². The second-order valence-electron chi connectivity index (χ2n) is 3.31. The van der Waals surface area contributed by atoms with Gasteiger partial charge < -0.3 is 10.5 Å². The van der Waals surface area contributed by atoms with Crippen LogP contribution in [-0.2, 0) is 11.2 Å². The van der Waals surface area contributed by atoms with Gasteiger partial charge in [-0.1, -0.05) is 0 Å². The van der Waals surface area contributed by atoms with Gasteiger partial charge in [-0.25, -0.2) is 0 Å². The highest BCUT2D eigenvalue weighted by atomic mass is 16.5. The molecule has 78 valence electrons. The van der Waals surface area contributed by atoms with Gasteiger partial charge in [0.05, 0.1) is 6.61 Å². The first-order chi connectivity index (χ1) is 6.83. The molecule has 0 amide bonds. The molecule has 14 heavy (non-hydrogen) atoms. The first kappa shape index (κ1) is 11.1. The number of ether oxygens (including phenoxy) is 1. The molecule has 1 unspecified atom stereocenters. The monoisotopic (exact) mass is 194 g/mol. The summed E-state index contributed by atoms with van der Waals surface area (Å²) in [6, 6.07) is 4.18. The lowest BCUT2D eigenvalue weighted by molar-refractivity contribution is 0.131. The van der Waals surface area contributed by atoms with Crippen LogP contribution >= 0.6 is 0 Å². The van der Waals surface area contributed by atoms with Crippen molar-refractivity contribution in [2.75, 3.05) is 13.2 Å². The summed E-state index contributed by atoms with van der Waals surface area (Å²) in [5.41, 5.74) is 7.15. The Balaban J connectivity index is 2.20. The van der Waals surface area contributed by atoms with Crippen molar-refractivity contribution < 1.29 is 4.74 Å². The highest BCUT2D eigenvalue weighted by molar-refractivity contribution is 5.09. The highest BCUT2D eigenvalue weighted by Gasteiger charge is 2.02. The smallest absolute Gasteiger partial charge is 0.0617 e. The number of hydrogen-bond acceptors (Lipinski definition) is 3. The van der Waals surface area contributed by atoms with Crippen molar-refractivity contribution in [3.63, 3.8) is 0 Å². The van der Waals surface area contributed by atoms with Gasteiger partial charge in [-0.2, -0.15) is 0 Å². The minimum Gasteiger partial charge on any atom is -0.380 e. The van der Waals surface area contributed by atoms with Gasteiger partial charge in [0.2, 0.25) is 0 Å². The quantitative estimate of drug-likeness (QED) is 0.744. The van der Waals surface area contributed by atoms with E-state index in [4.69, 9.17) is 10.5 Å². The van der Waals surface area contributed by atoms with Gasteiger partial charge in [-0.15, -0.1) is 0 Å². The molecule has 0 radical (unpaired) electrons. The molecule has 0 aliphatic rings. The van der Waals surface area contributed by atoms with E-state index in [9.17, 15) is 0 Å². The fraction of sp³-hybridized carbons (Fsp3) is 0.545. The van der Waals surface area contributed by atoms with E-state index in [1.54, 1.807) is 0 Å². The summed E-state index contributed by atoms with van der Waals surface area (Å²) < 4.78 is 5.25. The second kappa shape index (κ2) is 6.51. The van der Waals surface area contributed by atoms with Crippen LogP contribution in [0, 0.1) is 0 Å². The highest BCUT2D eigenvalue weighted by Crippen LogP contribution is 2.02. The van der Waals surface area contributed by atoms with Crippen molar-refractivity contribution >= 4 is 0 Å². The Bertz CT molecular complexity index is 238. The van der Waals surface area contributed by atoms with Crippen LogP contribution in [0.2, 0.25) is 0 Å². The third-order valence-electron chi connectivity index (χ3n) is 2.09. The van der Waals surface area contributed by atoms with E-state index in [0.29, 0.717) is 6.61 Å². The van der Waals surface area contributed by atoms with Gasteiger partial charge in [0.1, 0.15) is 0 Å². The topological polar surface area (TPSA) is 48.1 Å². The third kappa shape index (κ3) is 4.35. The maximum Gasteiger partial charge on any atom is 0.0617 e. The van der Waals surface area contributed by atoms with Gasteiger partial charge >= 0.3 is 0 Å². The molecule has 0 aromatic carbocycles. The summed E-state index contributed by atoms with van der Waals surface area (Å²) in [6.07, 6.45) is 5.58. The minimum atomic E-state index is 0.142. The molecule has 3 heteroatoms. The molecule has 1 aromatic heterocycles. The van der Waals surface area contributed by atoms with Crippen molar-refractivity contribution in [2.45, 2.75) is 25.8 Å². The minimum absolute atomic E-state index is 0.142. The largest absolute Gasteiger partial charge is 0.380 e. The zero-order valence-electron chi connectivity index (χ0n) is 8.65. The Hall–Kier alpha value is -0.930.